The maximum atomic E-state index is 11.5. The molecule has 9 nitrogen and oxygen atoms in total. The van der Waals surface area contributed by atoms with E-state index in [1.54, 1.807) is 0 Å². The lowest BCUT2D eigenvalue weighted by molar-refractivity contribution is -0.132. The molecule has 0 aliphatic carbocycles. The number of carboxylic acids is 3. The average Bonchev–Trinajstić information content (AvgIpc) is 2.67. The van der Waals surface area contributed by atoms with Crippen LogP contribution in [0.2, 0.25) is 0 Å². The van der Waals surface area contributed by atoms with Crippen molar-refractivity contribution in [1.29, 1.82) is 0 Å². The molecule has 142 valence electrons. The first-order valence-corrected chi connectivity index (χ1v) is 7.69. The highest BCUT2D eigenvalue weighted by Crippen LogP contribution is 2.18. The molecule has 0 unspecified atom stereocenters. The summed E-state index contributed by atoms with van der Waals surface area (Å²) in [4.78, 5) is 41.5. The Bertz CT molecular complexity index is 1040. The molecule has 9 heteroatoms. The quantitative estimate of drug-likeness (QED) is 0.414. The van der Waals surface area contributed by atoms with Crippen LogP contribution in [0.1, 0.15) is 32.1 Å². The maximum absolute atomic E-state index is 11.5. The number of carboxylic acid groups (broad SMARTS) is 3. The molecule has 2 heterocycles. The fraction of sp³-hybridized carbons (Fsp3) is 0. The molecule has 0 bridgehead atoms. The summed E-state index contributed by atoms with van der Waals surface area (Å²) in [6, 6.07) is 5.03. The van der Waals surface area contributed by atoms with Crippen LogP contribution >= 0.6 is 0 Å². The van der Waals surface area contributed by atoms with Crippen molar-refractivity contribution in [2.24, 2.45) is 5.73 Å². The minimum Gasteiger partial charge on any atom is -0.478 e. The van der Waals surface area contributed by atoms with Crippen LogP contribution in [0.4, 0.5) is 0 Å². The van der Waals surface area contributed by atoms with Gasteiger partial charge in [-0.2, -0.15) is 0 Å². The summed E-state index contributed by atoms with van der Waals surface area (Å²) >= 11 is 0. The van der Waals surface area contributed by atoms with E-state index in [2.05, 4.69) is 16.5 Å². The highest BCUT2D eigenvalue weighted by Gasteiger charge is 2.12. The highest BCUT2D eigenvalue weighted by molar-refractivity contribution is 5.96. The first-order valence-electron chi connectivity index (χ1n) is 7.69. The van der Waals surface area contributed by atoms with E-state index in [0.29, 0.717) is 0 Å². The van der Waals surface area contributed by atoms with Gasteiger partial charge in [0.05, 0.1) is 33.8 Å². The molecule has 0 amide bonds. The van der Waals surface area contributed by atoms with Gasteiger partial charge in [-0.05, 0) is 42.0 Å². The van der Waals surface area contributed by atoms with Crippen LogP contribution in [-0.2, 0) is 4.79 Å². The van der Waals surface area contributed by atoms with Gasteiger partial charge in [0.1, 0.15) is 0 Å². The van der Waals surface area contributed by atoms with Crippen molar-refractivity contribution in [2.75, 3.05) is 0 Å². The normalized spacial score (nSPS) is 11.7. The minimum absolute atomic E-state index is 0.0267. The molecule has 2 aromatic heterocycles. The molecule has 0 spiro atoms. The summed E-state index contributed by atoms with van der Waals surface area (Å²) in [7, 11) is 0. The number of nitrogens with zero attached hydrogens (tertiary/aromatic N) is 2. The lowest BCUT2D eigenvalue weighted by atomic mass is 10.1. The topological polar surface area (TPSA) is 164 Å². The van der Waals surface area contributed by atoms with E-state index in [4.69, 9.17) is 15.9 Å². The molecule has 0 radical (unpaired) electrons. The molecule has 0 aliphatic rings. The van der Waals surface area contributed by atoms with Crippen LogP contribution in [0.15, 0.2) is 61.0 Å². The van der Waals surface area contributed by atoms with E-state index in [-0.39, 0.29) is 39.4 Å². The first kappa shape index (κ1) is 20.0. The number of aromatic nitrogens is 2. The Balaban J connectivity index is 2.40. The molecule has 0 saturated carbocycles. The van der Waals surface area contributed by atoms with Crippen molar-refractivity contribution in [3.8, 4) is 0 Å². The fourth-order valence-corrected chi connectivity index (χ4v) is 2.13. The molecule has 0 aromatic carbocycles. The van der Waals surface area contributed by atoms with Gasteiger partial charge in [0.2, 0.25) is 0 Å². The number of allylic oxidation sites excluding steroid dienone is 2. The van der Waals surface area contributed by atoms with Gasteiger partial charge in [-0.25, -0.2) is 14.4 Å². The Kier molecular flexibility index (Phi) is 6.02. The molecule has 2 aromatic rings. The van der Waals surface area contributed by atoms with Gasteiger partial charge >= 0.3 is 17.9 Å². The van der Waals surface area contributed by atoms with E-state index in [0.717, 1.165) is 6.08 Å². The van der Waals surface area contributed by atoms with Gasteiger partial charge in [-0.15, -0.1) is 0 Å². The Morgan fingerprint density at radius 2 is 1.39 bits per heavy atom. The van der Waals surface area contributed by atoms with Crippen molar-refractivity contribution in [1.82, 2.24) is 9.97 Å². The molecule has 2 rings (SSSR count). The average molecular weight is 381 g/mol. The van der Waals surface area contributed by atoms with Crippen molar-refractivity contribution >= 4 is 29.2 Å². The second-order valence-corrected chi connectivity index (χ2v) is 5.50. The standard InChI is InChI=1S/C19H15N3O6/c1-10(15-8-11(17(23)24)2-4-21-15)6-13(19(27)28)7-14(20)16-9-12(18(25)26)3-5-22-16/h2-9H,1,20H2,(H,23,24)(H,25,26)(H,27,28)/b13-6+,14-7-. The molecule has 0 aliphatic heterocycles. The van der Waals surface area contributed by atoms with Gasteiger partial charge in [0.25, 0.3) is 0 Å². The zero-order chi connectivity index (χ0) is 20.8. The lowest BCUT2D eigenvalue weighted by Crippen LogP contribution is -2.06. The Morgan fingerprint density at radius 3 is 1.89 bits per heavy atom. The summed E-state index contributed by atoms with van der Waals surface area (Å²) in [6.07, 6.45) is 4.78. The monoisotopic (exact) mass is 381 g/mol. The van der Waals surface area contributed by atoms with Crippen LogP contribution in [0, 0.1) is 0 Å². The summed E-state index contributed by atoms with van der Waals surface area (Å²) < 4.78 is 0. The zero-order valence-corrected chi connectivity index (χ0v) is 14.4. The van der Waals surface area contributed by atoms with E-state index in [9.17, 15) is 19.5 Å². The van der Waals surface area contributed by atoms with Crippen molar-refractivity contribution in [3.05, 3.63) is 83.5 Å². The van der Waals surface area contributed by atoms with Crippen molar-refractivity contribution < 1.29 is 29.7 Å². The molecular weight excluding hydrogens is 366 g/mol. The second kappa shape index (κ2) is 8.41. The van der Waals surface area contributed by atoms with Gasteiger partial charge in [0.15, 0.2) is 0 Å². The van der Waals surface area contributed by atoms with Crippen LogP contribution in [0.5, 0.6) is 0 Å². The van der Waals surface area contributed by atoms with E-state index in [1.165, 1.54) is 42.7 Å². The summed E-state index contributed by atoms with van der Waals surface area (Å²) in [5.41, 5.74) is 5.85. The predicted octanol–water partition coefficient (Wildman–Crippen LogP) is 1.90. The summed E-state index contributed by atoms with van der Waals surface area (Å²) in [5.74, 6) is -3.66. The second-order valence-electron chi connectivity index (χ2n) is 5.50. The third kappa shape index (κ3) is 4.88. The molecule has 0 atom stereocenters. The third-order valence-corrected chi connectivity index (χ3v) is 3.53. The summed E-state index contributed by atoms with van der Waals surface area (Å²) in [5, 5.41) is 27.5. The number of hydrogen-bond donors (Lipinski definition) is 4. The molecular formula is C19H15N3O6. The van der Waals surface area contributed by atoms with Crippen LogP contribution in [0.3, 0.4) is 0 Å². The zero-order valence-electron chi connectivity index (χ0n) is 14.4. The Labute approximate surface area is 158 Å². The number of pyridine rings is 2. The van der Waals surface area contributed by atoms with E-state index >= 15 is 0 Å². The van der Waals surface area contributed by atoms with Gasteiger partial charge in [-0.3, -0.25) is 9.97 Å². The van der Waals surface area contributed by atoms with Crippen LogP contribution in [0.25, 0.3) is 11.3 Å². The number of aromatic carboxylic acids is 2. The number of hydrogen-bond acceptors (Lipinski definition) is 6. The molecule has 28 heavy (non-hydrogen) atoms. The van der Waals surface area contributed by atoms with Crippen molar-refractivity contribution in [2.45, 2.75) is 0 Å². The van der Waals surface area contributed by atoms with Crippen LogP contribution < -0.4 is 5.73 Å². The van der Waals surface area contributed by atoms with Gasteiger partial charge < -0.3 is 21.1 Å². The Morgan fingerprint density at radius 1 is 0.893 bits per heavy atom. The van der Waals surface area contributed by atoms with Crippen LogP contribution in [-0.4, -0.2) is 43.2 Å². The largest absolute Gasteiger partial charge is 0.478 e. The summed E-state index contributed by atoms with van der Waals surface area (Å²) in [6.45, 7) is 3.71. The highest BCUT2D eigenvalue weighted by atomic mass is 16.4. The number of nitrogens with two attached hydrogens (primary N) is 1. The predicted molar refractivity (Wildman–Crippen MR) is 99.3 cm³/mol. The lowest BCUT2D eigenvalue weighted by Gasteiger charge is -2.05. The van der Waals surface area contributed by atoms with E-state index < -0.39 is 17.9 Å². The van der Waals surface area contributed by atoms with Gasteiger partial charge in [0, 0.05) is 12.4 Å². The van der Waals surface area contributed by atoms with Crippen molar-refractivity contribution in [3.63, 3.8) is 0 Å². The molecule has 5 N–H and O–H groups in total. The maximum Gasteiger partial charge on any atom is 0.335 e. The third-order valence-electron chi connectivity index (χ3n) is 3.53. The smallest absolute Gasteiger partial charge is 0.335 e. The first-order chi connectivity index (χ1) is 13.2. The Hall–Kier alpha value is -4.27. The fourth-order valence-electron chi connectivity index (χ4n) is 2.13. The number of aliphatic carboxylic acids is 1. The molecule has 0 saturated heterocycles. The number of rotatable bonds is 7. The number of carbonyl (C=O) groups is 3. The van der Waals surface area contributed by atoms with Gasteiger partial charge in [-0.1, -0.05) is 6.58 Å². The SMILES string of the molecule is C=C(/C=C(\C=C(/N)c1cc(C(=O)O)ccn1)C(=O)O)c1cc(C(=O)O)ccn1. The molecule has 0 fully saturated rings. The minimum atomic E-state index is -1.33. The van der Waals surface area contributed by atoms with E-state index in [1.807, 2.05) is 0 Å².